The number of rotatable bonds is 5. The molecule has 0 aliphatic rings. The fraction of sp³-hybridized carbons (Fsp3) is 0.500. The summed E-state index contributed by atoms with van der Waals surface area (Å²) >= 11 is 0. The number of nitrogens with one attached hydrogen (secondary N) is 1. The van der Waals surface area contributed by atoms with Gasteiger partial charge in [0.25, 0.3) is 0 Å². The van der Waals surface area contributed by atoms with E-state index in [1.165, 1.54) is 0 Å². The zero-order chi connectivity index (χ0) is 13.1. The number of hydrogen-bond donors (Lipinski definition) is 2. The van der Waals surface area contributed by atoms with Crippen LogP contribution in [0.1, 0.15) is 18.1 Å². The highest BCUT2D eigenvalue weighted by Gasteiger charge is 2.15. The first kappa shape index (κ1) is 14.0. The molecule has 0 fully saturated rings. The second-order valence-electron chi connectivity index (χ2n) is 4.49. The summed E-state index contributed by atoms with van der Waals surface area (Å²) in [5, 5.41) is 8.86. The lowest BCUT2D eigenvalue weighted by atomic mass is 10.1. The topological polar surface area (TPSA) is 66.4 Å². The Morgan fingerprint density at radius 1 is 1.35 bits per heavy atom. The third-order valence-corrected chi connectivity index (χ3v) is 4.00. The molecule has 2 N–H and O–H groups in total. The van der Waals surface area contributed by atoms with Gasteiger partial charge in [0.05, 0.1) is 11.4 Å². The second kappa shape index (κ2) is 5.51. The Labute approximate surface area is 103 Å². The maximum Gasteiger partial charge on any atom is 0.233 e. The van der Waals surface area contributed by atoms with E-state index in [9.17, 15) is 8.42 Å². The summed E-state index contributed by atoms with van der Waals surface area (Å²) < 4.78 is 26.1. The first-order chi connectivity index (χ1) is 7.84. The summed E-state index contributed by atoms with van der Waals surface area (Å²) in [5.41, 5.74) is 2.58. The van der Waals surface area contributed by atoms with Crippen LogP contribution in [0, 0.1) is 19.8 Å². The van der Waals surface area contributed by atoms with Gasteiger partial charge in [0.15, 0.2) is 0 Å². The minimum Gasteiger partial charge on any atom is -0.396 e. The molecule has 1 atom stereocenters. The normalized spacial score (nSPS) is 13.4. The van der Waals surface area contributed by atoms with Crippen molar-refractivity contribution < 1.29 is 13.5 Å². The van der Waals surface area contributed by atoms with Crippen molar-refractivity contribution in [3.63, 3.8) is 0 Å². The van der Waals surface area contributed by atoms with Gasteiger partial charge in [0, 0.05) is 6.61 Å². The highest BCUT2D eigenvalue weighted by atomic mass is 32.2. The van der Waals surface area contributed by atoms with Crippen LogP contribution >= 0.6 is 0 Å². The number of hydrogen-bond acceptors (Lipinski definition) is 3. The minimum absolute atomic E-state index is 0.0726. The van der Waals surface area contributed by atoms with Crippen molar-refractivity contribution >= 4 is 15.7 Å². The number of sulfonamides is 1. The van der Waals surface area contributed by atoms with Crippen molar-refractivity contribution in [1.29, 1.82) is 0 Å². The Morgan fingerprint density at radius 3 is 2.53 bits per heavy atom. The molecule has 0 aliphatic heterocycles. The Hall–Kier alpha value is -1.07. The summed E-state index contributed by atoms with van der Waals surface area (Å²) in [6.45, 7) is 5.38. The Balaban J connectivity index is 2.83. The van der Waals surface area contributed by atoms with Gasteiger partial charge in [-0.3, -0.25) is 4.72 Å². The molecule has 5 heteroatoms. The predicted octanol–water partition coefficient (Wildman–Crippen LogP) is 1.67. The van der Waals surface area contributed by atoms with Crippen LogP contribution in [0.15, 0.2) is 18.2 Å². The fourth-order valence-corrected chi connectivity index (χ4v) is 3.07. The van der Waals surface area contributed by atoms with Crippen LogP contribution in [-0.2, 0) is 10.0 Å². The van der Waals surface area contributed by atoms with Crippen LogP contribution < -0.4 is 4.72 Å². The van der Waals surface area contributed by atoms with E-state index in [1.54, 1.807) is 13.0 Å². The molecule has 0 heterocycles. The average Bonchev–Trinajstić information content (AvgIpc) is 2.21. The maximum absolute atomic E-state index is 11.8. The molecule has 1 aromatic rings. The predicted molar refractivity (Wildman–Crippen MR) is 69.6 cm³/mol. The van der Waals surface area contributed by atoms with E-state index in [1.807, 2.05) is 26.0 Å². The molecule has 0 spiro atoms. The zero-order valence-electron chi connectivity index (χ0n) is 10.4. The van der Waals surface area contributed by atoms with Crippen molar-refractivity contribution in [1.82, 2.24) is 0 Å². The van der Waals surface area contributed by atoms with Gasteiger partial charge >= 0.3 is 0 Å². The van der Waals surface area contributed by atoms with Gasteiger partial charge in [-0.05, 0) is 31.4 Å². The molecule has 0 aromatic heterocycles. The van der Waals surface area contributed by atoms with Crippen molar-refractivity contribution in [3.05, 3.63) is 29.3 Å². The molecule has 0 amide bonds. The lowest BCUT2D eigenvalue weighted by Gasteiger charge is -2.13. The van der Waals surface area contributed by atoms with Gasteiger partial charge in [0.2, 0.25) is 10.0 Å². The number of aliphatic hydroxyl groups excluding tert-OH is 1. The van der Waals surface area contributed by atoms with Gasteiger partial charge in [-0.25, -0.2) is 8.42 Å². The summed E-state index contributed by atoms with van der Waals surface area (Å²) in [4.78, 5) is 0. The van der Waals surface area contributed by atoms with Gasteiger partial charge in [-0.2, -0.15) is 0 Å². The molecular formula is C12H19NO3S. The van der Waals surface area contributed by atoms with E-state index in [0.29, 0.717) is 5.69 Å². The molecule has 1 aromatic carbocycles. The van der Waals surface area contributed by atoms with Gasteiger partial charge in [-0.15, -0.1) is 0 Å². The van der Waals surface area contributed by atoms with E-state index in [4.69, 9.17) is 5.11 Å². The van der Waals surface area contributed by atoms with Crippen LogP contribution in [0.3, 0.4) is 0 Å². The van der Waals surface area contributed by atoms with Crippen LogP contribution in [0.5, 0.6) is 0 Å². The largest absolute Gasteiger partial charge is 0.396 e. The highest BCUT2D eigenvalue weighted by Crippen LogP contribution is 2.18. The molecule has 4 nitrogen and oxygen atoms in total. The van der Waals surface area contributed by atoms with Gasteiger partial charge < -0.3 is 5.11 Å². The summed E-state index contributed by atoms with van der Waals surface area (Å²) in [5.74, 6) is -0.338. The number of benzene rings is 1. The average molecular weight is 257 g/mol. The van der Waals surface area contributed by atoms with Crippen molar-refractivity contribution in [2.75, 3.05) is 17.1 Å². The Morgan fingerprint density at radius 2 is 2.00 bits per heavy atom. The zero-order valence-corrected chi connectivity index (χ0v) is 11.2. The minimum atomic E-state index is -3.39. The van der Waals surface area contributed by atoms with E-state index >= 15 is 0 Å². The maximum atomic E-state index is 11.8. The standard InChI is InChI=1S/C12H19NO3S/c1-9-4-5-12(11(3)6-9)13-17(15,16)8-10(2)7-14/h4-6,10,13-14H,7-8H2,1-3H3. The molecule has 0 bridgehead atoms. The molecule has 0 saturated heterocycles. The number of aryl methyl sites for hydroxylation is 2. The van der Waals surface area contributed by atoms with E-state index < -0.39 is 10.0 Å². The molecular weight excluding hydrogens is 238 g/mol. The highest BCUT2D eigenvalue weighted by molar-refractivity contribution is 7.92. The third-order valence-electron chi connectivity index (χ3n) is 2.46. The smallest absolute Gasteiger partial charge is 0.233 e. The molecule has 1 unspecified atom stereocenters. The van der Waals surface area contributed by atoms with Crippen LogP contribution in [0.4, 0.5) is 5.69 Å². The summed E-state index contributed by atoms with van der Waals surface area (Å²) in [6, 6.07) is 5.54. The first-order valence-corrected chi connectivity index (χ1v) is 7.18. The van der Waals surface area contributed by atoms with Crippen molar-refractivity contribution in [2.24, 2.45) is 5.92 Å². The summed E-state index contributed by atoms with van der Waals surface area (Å²) in [6.07, 6.45) is 0. The molecule has 0 aliphatic carbocycles. The van der Waals surface area contributed by atoms with Crippen molar-refractivity contribution in [3.8, 4) is 0 Å². The SMILES string of the molecule is Cc1ccc(NS(=O)(=O)CC(C)CO)c(C)c1. The molecule has 17 heavy (non-hydrogen) atoms. The number of aliphatic hydroxyl groups is 1. The molecule has 96 valence electrons. The lowest BCUT2D eigenvalue weighted by molar-refractivity contribution is 0.249. The molecule has 1 rings (SSSR count). The Bertz CT molecular complexity index is 483. The molecule has 0 radical (unpaired) electrons. The van der Waals surface area contributed by atoms with Crippen LogP contribution in [-0.4, -0.2) is 25.9 Å². The third kappa shape index (κ3) is 4.36. The quantitative estimate of drug-likeness (QED) is 0.843. The Kier molecular flexibility index (Phi) is 4.54. The van der Waals surface area contributed by atoms with Crippen molar-refractivity contribution in [2.45, 2.75) is 20.8 Å². The van der Waals surface area contributed by atoms with E-state index in [0.717, 1.165) is 11.1 Å². The molecule has 0 saturated carbocycles. The van der Waals surface area contributed by atoms with E-state index in [-0.39, 0.29) is 18.3 Å². The van der Waals surface area contributed by atoms with Crippen LogP contribution in [0.2, 0.25) is 0 Å². The van der Waals surface area contributed by atoms with Gasteiger partial charge in [0.1, 0.15) is 0 Å². The number of anilines is 1. The van der Waals surface area contributed by atoms with Gasteiger partial charge in [-0.1, -0.05) is 24.6 Å². The monoisotopic (exact) mass is 257 g/mol. The lowest BCUT2D eigenvalue weighted by Crippen LogP contribution is -2.23. The fourth-order valence-electron chi connectivity index (χ4n) is 1.56. The van der Waals surface area contributed by atoms with E-state index in [2.05, 4.69) is 4.72 Å². The second-order valence-corrected chi connectivity index (χ2v) is 6.26. The van der Waals surface area contributed by atoms with Crippen LogP contribution in [0.25, 0.3) is 0 Å². The first-order valence-electron chi connectivity index (χ1n) is 5.52. The summed E-state index contributed by atoms with van der Waals surface area (Å²) in [7, 11) is -3.39.